The topological polar surface area (TPSA) is 41.1 Å². The summed E-state index contributed by atoms with van der Waals surface area (Å²) in [7, 11) is 0. The molecule has 1 heterocycles. The third kappa shape index (κ3) is 1.99. The van der Waals surface area contributed by atoms with Crippen molar-refractivity contribution in [2.75, 3.05) is 13.1 Å². The molecule has 0 aromatic rings. The highest BCUT2D eigenvalue weighted by molar-refractivity contribution is 5.78. The third-order valence-electron chi connectivity index (χ3n) is 1.66. The smallest absolute Gasteiger partial charge is 0.221 e. The molecule has 3 nitrogen and oxygen atoms in total. The molecule has 1 aliphatic rings. The van der Waals surface area contributed by atoms with Crippen LogP contribution in [0.25, 0.3) is 0 Å². The highest BCUT2D eigenvalue weighted by atomic mass is 16.1. The standard InChI is InChI=1S/C7H14N2O/c1-2-3-8-6-4-7(10)9-5-6/h6,8H,2-5H2,1H3,(H,9,10)/t6-/m1/s1. The lowest BCUT2D eigenvalue weighted by Crippen LogP contribution is -2.31. The van der Waals surface area contributed by atoms with E-state index in [-0.39, 0.29) is 5.91 Å². The molecule has 10 heavy (non-hydrogen) atoms. The van der Waals surface area contributed by atoms with Gasteiger partial charge in [-0.15, -0.1) is 0 Å². The van der Waals surface area contributed by atoms with Crippen molar-refractivity contribution in [1.29, 1.82) is 0 Å². The van der Waals surface area contributed by atoms with Gasteiger partial charge in [-0.1, -0.05) is 6.92 Å². The number of amides is 1. The van der Waals surface area contributed by atoms with Crippen molar-refractivity contribution in [3.63, 3.8) is 0 Å². The molecule has 1 saturated heterocycles. The normalized spacial score (nSPS) is 24.9. The van der Waals surface area contributed by atoms with Crippen LogP contribution >= 0.6 is 0 Å². The van der Waals surface area contributed by atoms with Gasteiger partial charge in [0.05, 0.1) is 0 Å². The molecule has 0 bridgehead atoms. The van der Waals surface area contributed by atoms with E-state index >= 15 is 0 Å². The van der Waals surface area contributed by atoms with E-state index in [1.807, 2.05) is 0 Å². The van der Waals surface area contributed by atoms with Gasteiger partial charge in [0.25, 0.3) is 0 Å². The Kier molecular flexibility index (Phi) is 2.68. The van der Waals surface area contributed by atoms with Crippen molar-refractivity contribution in [3.05, 3.63) is 0 Å². The second-order valence-electron chi connectivity index (χ2n) is 2.66. The monoisotopic (exact) mass is 142 g/mol. The Labute approximate surface area is 61.2 Å². The molecular formula is C7H14N2O. The number of nitrogens with one attached hydrogen (secondary N) is 2. The van der Waals surface area contributed by atoms with Crippen LogP contribution in [0.2, 0.25) is 0 Å². The number of carbonyl (C=O) groups is 1. The second-order valence-corrected chi connectivity index (χ2v) is 2.66. The molecule has 0 saturated carbocycles. The number of rotatable bonds is 3. The molecule has 0 radical (unpaired) electrons. The van der Waals surface area contributed by atoms with E-state index in [0.717, 1.165) is 19.5 Å². The van der Waals surface area contributed by atoms with Gasteiger partial charge in [0, 0.05) is 19.0 Å². The SMILES string of the molecule is CCCN[C@H]1CNC(=O)C1. The number of hydrogen-bond acceptors (Lipinski definition) is 2. The lowest BCUT2D eigenvalue weighted by molar-refractivity contribution is -0.119. The fourth-order valence-corrected chi connectivity index (χ4v) is 1.10. The van der Waals surface area contributed by atoms with E-state index in [1.54, 1.807) is 0 Å². The predicted octanol–water partition coefficient (Wildman–Crippen LogP) is -0.126. The van der Waals surface area contributed by atoms with Crippen molar-refractivity contribution >= 4 is 5.91 Å². The fourth-order valence-electron chi connectivity index (χ4n) is 1.10. The molecule has 58 valence electrons. The summed E-state index contributed by atoms with van der Waals surface area (Å²) < 4.78 is 0. The zero-order valence-electron chi connectivity index (χ0n) is 6.31. The molecular weight excluding hydrogens is 128 g/mol. The van der Waals surface area contributed by atoms with Gasteiger partial charge in [-0.05, 0) is 13.0 Å². The molecule has 1 fully saturated rings. The first kappa shape index (κ1) is 7.54. The zero-order chi connectivity index (χ0) is 7.40. The second kappa shape index (κ2) is 3.56. The van der Waals surface area contributed by atoms with Crippen molar-refractivity contribution < 1.29 is 4.79 Å². The predicted molar refractivity (Wildman–Crippen MR) is 39.7 cm³/mol. The molecule has 3 heteroatoms. The summed E-state index contributed by atoms with van der Waals surface area (Å²) in [5.74, 6) is 0.175. The molecule has 0 aromatic carbocycles. The minimum Gasteiger partial charge on any atom is -0.354 e. The summed E-state index contributed by atoms with van der Waals surface area (Å²) in [4.78, 5) is 10.7. The average molecular weight is 142 g/mol. The van der Waals surface area contributed by atoms with Gasteiger partial charge in [-0.3, -0.25) is 4.79 Å². The Balaban J connectivity index is 2.12. The molecule has 0 aliphatic carbocycles. The number of hydrogen-bond donors (Lipinski definition) is 2. The maximum atomic E-state index is 10.7. The first-order valence-electron chi connectivity index (χ1n) is 3.83. The lowest BCUT2D eigenvalue weighted by Gasteiger charge is -2.07. The third-order valence-corrected chi connectivity index (χ3v) is 1.66. The van der Waals surface area contributed by atoms with Gasteiger partial charge in [-0.2, -0.15) is 0 Å². The van der Waals surface area contributed by atoms with Crippen molar-refractivity contribution in [2.24, 2.45) is 0 Å². The quantitative estimate of drug-likeness (QED) is 0.576. The number of carbonyl (C=O) groups excluding carboxylic acids is 1. The minimum absolute atomic E-state index is 0.175. The highest BCUT2D eigenvalue weighted by Gasteiger charge is 2.19. The zero-order valence-corrected chi connectivity index (χ0v) is 6.31. The molecule has 2 N–H and O–H groups in total. The van der Waals surface area contributed by atoms with Crippen LogP contribution in [0.5, 0.6) is 0 Å². The van der Waals surface area contributed by atoms with Crippen LogP contribution in [0, 0.1) is 0 Å². The van der Waals surface area contributed by atoms with E-state index in [4.69, 9.17) is 0 Å². The van der Waals surface area contributed by atoms with Crippen LogP contribution in [-0.4, -0.2) is 25.0 Å². The summed E-state index contributed by atoms with van der Waals surface area (Å²) in [6.07, 6.45) is 1.78. The Morgan fingerprint density at radius 1 is 1.80 bits per heavy atom. The van der Waals surface area contributed by atoms with Crippen molar-refractivity contribution in [1.82, 2.24) is 10.6 Å². The Bertz CT molecular complexity index is 125. The summed E-state index contributed by atoms with van der Waals surface area (Å²) >= 11 is 0. The van der Waals surface area contributed by atoms with Gasteiger partial charge < -0.3 is 10.6 Å². The first-order valence-corrected chi connectivity index (χ1v) is 3.83. The van der Waals surface area contributed by atoms with E-state index in [1.165, 1.54) is 0 Å². The van der Waals surface area contributed by atoms with E-state index < -0.39 is 0 Å². The van der Waals surface area contributed by atoms with Gasteiger partial charge in [-0.25, -0.2) is 0 Å². The molecule has 1 amide bonds. The maximum absolute atomic E-state index is 10.7. The minimum atomic E-state index is 0.175. The van der Waals surface area contributed by atoms with Crippen LogP contribution in [0.4, 0.5) is 0 Å². The average Bonchev–Trinajstić information content (AvgIpc) is 2.31. The van der Waals surface area contributed by atoms with Crippen LogP contribution < -0.4 is 10.6 Å². The van der Waals surface area contributed by atoms with Gasteiger partial charge in [0.1, 0.15) is 0 Å². The molecule has 1 aliphatic heterocycles. The van der Waals surface area contributed by atoms with Gasteiger partial charge >= 0.3 is 0 Å². The van der Waals surface area contributed by atoms with Crippen molar-refractivity contribution in [2.45, 2.75) is 25.8 Å². The van der Waals surface area contributed by atoms with Crippen LogP contribution in [0.1, 0.15) is 19.8 Å². The Morgan fingerprint density at radius 3 is 3.10 bits per heavy atom. The highest BCUT2D eigenvalue weighted by Crippen LogP contribution is 1.97. The van der Waals surface area contributed by atoms with E-state index in [0.29, 0.717) is 12.5 Å². The van der Waals surface area contributed by atoms with Gasteiger partial charge in [0.2, 0.25) is 5.91 Å². The lowest BCUT2D eigenvalue weighted by atomic mass is 10.2. The molecule has 0 unspecified atom stereocenters. The molecule has 0 spiro atoms. The summed E-state index contributed by atoms with van der Waals surface area (Å²) in [6.45, 7) is 3.94. The van der Waals surface area contributed by atoms with Crippen LogP contribution in [-0.2, 0) is 4.79 Å². The van der Waals surface area contributed by atoms with Gasteiger partial charge in [0.15, 0.2) is 0 Å². The Morgan fingerprint density at radius 2 is 2.60 bits per heavy atom. The summed E-state index contributed by atoms with van der Waals surface area (Å²) in [6, 6.07) is 0.382. The largest absolute Gasteiger partial charge is 0.354 e. The van der Waals surface area contributed by atoms with Crippen molar-refractivity contribution in [3.8, 4) is 0 Å². The van der Waals surface area contributed by atoms with Crippen LogP contribution in [0.3, 0.4) is 0 Å². The fraction of sp³-hybridized carbons (Fsp3) is 0.857. The maximum Gasteiger partial charge on any atom is 0.221 e. The molecule has 1 rings (SSSR count). The Hall–Kier alpha value is -0.570. The van der Waals surface area contributed by atoms with E-state index in [2.05, 4.69) is 17.6 Å². The summed E-state index contributed by atoms with van der Waals surface area (Å²) in [5.41, 5.74) is 0. The molecule has 1 atom stereocenters. The first-order chi connectivity index (χ1) is 4.83. The molecule has 0 aromatic heterocycles. The van der Waals surface area contributed by atoms with E-state index in [9.17, 15) is 4.79 Å². The van der Waals surface area contributed by atoms with Crippen LogP contribution in [0.15, 0.2) is 0 Å². The summed E-state index contributed by atoms with van der Waals surface area (Å²) in [5, 5.41) is 6.06.